The summed E-state index contributed by atoms with van der Waals surface area (Å²) in [4.78, 5) is 45.0. The van der Waals surface area contributed by atoms with E-state index in [0.717, 1.165) is 4.57 Å². The van der Waals surface area contributed by atoms with Crippen LogP contribution in [-0.4, -0.2) is 49.7 Å². The Bertz CT molecular complexity index is 949. The zero-order valence-electron chi connectivity index (χ0n) is 13.4. The number of fused-ring (bicyclic) bond motifs is 1. The van der Waals surface area contributed by atoms with Crippen molar-refractivity contribution >= 4 is 29.4 Å². The maximum absolute atomic E-state index is 12.8. The first-order chi connectivity index (χ1) is 12.5. The van der Waals surface area contributed by atoms with E-state index in [1.807, 2.05) is 0 Å². The first kappa shape index (κ1) is 17.1. The van der Waals surface area contributed by atoms with Crippen molar-refractivity contribution < 1.29 is 24.2 Å². The highest BCUT2D eigenvalue weighted by Gasteiger charge is 2.41. The van der Waals surface area contributed by atoms with Gasteiger partial charge in [0.05, 0.1) is 6.61 Å². The molecule has 1 atom stereocenters. The third kappa shape index (κ3) is 2.75. The van der Waals surface area contributed by atoms with Crippen molar-refractivity contribution in [1.82, 2.24) is 14.5 Å². The number of carbonyl (C=O) groups is 3. The number of azo groups is 1. The van der Waals surface area contributed by atoms with Crippen LogP contribution in [0.25, 0.3) is 0 Å². The molecular formula is C15H12N6O5. The van der Waals surface area contributed by atoms with Crippen molar-refractivity contribution in [2.45, 2.75) is 12.8 Å². The summed E-state index contributed by atoms with van der Waals surface area (Å²) in [6, 6.07) is 4.46. The highest BCUT2D eigenvalue weighted by Crippen LogP contribution is 2.35. The second-order valence-electron chi connectivity index (χ2n) is 5.08. The Labute approximate surface area is 145 Å². The van der Waals surface area contributed by atoms with E-state index in [1.165, 1.54) is 25.3 Å². The minimum absolute atomic E-state index is 0.0698. The van der Waals surface area contributed by atoms with Gasteiger partial charge in [-0.1, -0.05) is 6.07 Å². The van der Waals surface area contributed by atoms with E-state index in [-0.39, 0.29) is 18.2 Å². The fraction of sp³-hybridized carbons (Fsp3) is 0.200. The van der Waals surface area contributed by atoms with Crippen LogP contribution in [0.1, 0.15) is 29.0 Å². The largest absolute Gasteiger partial charge is 0.493 e. The predicted octanol–water partition coefficient (Wildman–Crippen LogP) is 0.963. The van der Waals surface area contributed by atoms with E-state index in [0.29, 0.717) is 0 Å². The SMILES string of the molecule is CCOC(=O)C(=O)[C@@H](C(=O)c1ccccn1)c1nc2n(c1O)C(=N)N=N2. The number of ketones is 2. The molecule has 0 unspecified atom stereocenters. The highest BCUT2D eigenvalue weighted by molar-refractivity contribution is 6.41. The molecule has 2 aromatic heterocycles. The van der Waals surface area contributed by atoms with Gasteiger partial charge in [-0.15, -0.1) is 10.2 Å². The Morgan fingerprint density at radius 3 is 2.69 bits per heavy atom. The Kier molecular flexibility index (Phi) is 4.35. The molecule has 132 valence electrons. The van der Waals surface area contributed by atoms with Crippen molar-refractivity contribution in [1.29, 1.82) is 5.41 Å². The maximum atomic E-state index is 12.8. The van der Waals surface area contributed by atoms with Gasteiger partial charge in [0.2, 0.25) is 5.88 Å². The number of carbonyl (C=O) groups excluding carboxylic acids is 3. The Hall–Kier alpha value is -3.76. The molecule has 11 heteroatoms. The normalized spacial score (nSPS) is 13.3. The average molecular weight is 356 g/mol. The molecule has 0 radical (unpaired) electrons. The van der Waals surface area contributed by atoms with Crippen molar-refractivity contribution in [3.05, 3.63) is 35.8 Å². The molecule has 1 aliphatic heterocycles. The number of imidazole rings is 1. The molecule has 0 aromatic carbocycles. The van der Waals surface area contributed by atoms with Gasteiger partial charge < -0.3 is 9.84 Å². The van der Waals surface area contributed by atoms with Gasteiger partial charge >= 0.3 is 5.97 Å². The minimum Gasteiger partial charge on any atom is -0.493 e. The van der Waals surface area contributed by atoms with E-state index in [4.69, 9.17) is 5.41 Å². The topological polar surface area (TPSA) is 160 Å². The number of nitrogens with zero attached hydrogens (tertiary/aromatic N) is 5. The fourth-order valence-corrected chi connectivity index (χ4v) is 2.35. The second kappa shape index (κ2) is 6.63. The maximum Gasteiger partial charge on any atom is 0.375 e. The number of nitrogens with one attached hydrogen (secondary N) is 1. The zero-order chi connectivity index (χ0) is 18.8. The molecule has 0 spiro atoms. The average Bonchev–Trinajstić information content (AvgIpc) is 3.16. The molecule has 1 aliphatic rings. The molecule has 0 amide bonds. The third-order valence-corrected chi connectivity index (χ3v) is 3.50. The van der Waals surface area contributed by atoms with Crippen molar-refractivity contribution in [2.24, 2.45) is 10.2 Å². The quantitative estimate of drug-likeness (QED) is 0.337. The molecule has 0 saturated carbocycles. The lowest BCUT2D eigenvalue weighted by molar-refractivity contribution is -0.153. The van der Waals surface area contributed by atoms with E-state index in [2.05, 4.69) is 24.9 Å². The standard InChI is InChI=1S/C15H12N6O5/c1-2-26-13(25)11(23)8(10(22)7-5-3-4-6-17-7)9-12(24)21-14(16)19-20-15(21)18-9/h3-6,8,16,24H,2H2,1H3/t8-/m1/s1. The van der Waals surface area contributed by atoms with Gasteiger partial charge in [0.15, 0.2) is 5.78 Å². The molecular weight excluding hydrogens is 344 g/mol. The van der Waals surface area contributed by atoms with E-state index < -0.39 is 41.0 Å². The van der Waals surface area contributed by atoms with Gasteiger partial charge in [0.1, 0.15) is 17.3 Å². The van der Waals surface area contributed by atoms with Gasteiger partial charge in [-0.3, -0.25) is 20.0 Å². The Morgan fingerprint density at radius 2 is 2.08 bits per heavy atom. The fourth-order valence-electron chi connectivity index (χ4n) is 2.35. The van der Waals surface area contributed by atoms with Crippen LogP contribution < -0.4 is 0 Å². The summed E-state index contributed by atoms with van der Waals surface area (Å²) in [6.45, 7) is 1.44. The second-order valence-corrected chi connectivity index (χ2v) is 5.08. The number of pyridine rings is 1. The van der Waals surface area contributed by atoms with Crippen molar-refractivity contribution in [3.63, 3.8) is 0 Å². The molecule has 0 saturated heterocycles. The number of hydrogen-bond acceptors (Lipinski definition) is 9. The lowest BCUT2D eigenvalue weighted by Gasteiger charge is -2.12. The van der Waals surface area contributed by atoms with Crippen LogP contribution in [-0.2, 0) is 14.3 Å². The molecule has 3 rings (SSSR count). The monoisotopic (exact) mass is 356 g/mol. The summed E-state index contributed by atoms with van der Waals surface area (Å²) < 4.78 is 5.51. The summed E-state index contributed by atoms with van der Waals surface area (Å²) in [5.74, 6) is -6.39. The minimum atomic E-state index is -1.79. The summed E-state index contributed by atoms with van der Waals surface area (Å²) >= 11 is 0. The smallest absolute Gasteiger partial charge is 0.375 e. The van der Waals surface area contributed by atoms with Gasteiger partial charge in [-0.05, 0) is 19.1 Å². The van der Waals surface area contributed by atoms with Gasteiger partial charge in [-0.25, -0.2) is 14.3 Å². The molecule has 26 heavy (non-hydrogen) atoms. The number of rotatable bonds is 6. The molecule has 11 nitrogen and oxygen atoms in total. The molecule has 3 heterocycles. The first-order valence-corrected chi connectivity index (χ1v) is 7.44. The number of aromatic nitrogens is 3. The number of aromatic hydroxyl groups is 1. The molecule has 0 aliphatic carbocycles. The summed E-state index contributed by atoms with van der Waals surface area (Å²) in [5.41, 5.74) is -0.517. The predicted molar refractivity (Wildman–Crippen MR) is 84.5 cm³/mol. The van der Waals surface area contributed by atoms with Crippen LogP contribution in [0.15, 0.2) is 34.6 Å². The Balaban J connectivity index is 2.10. The van der Waals surface area contributed by atoms with Gasteiger partial charge in [0, 0.05) is 6.20 Å². The third-order valence-electron chi connectivity index (χ3n) is 3.50. The zero-order valence-corrected chi connectivity index (χ0v) is 13.4. The van der Waals surface area contributed by atoms with Crippen LogP contribution in [0, 0.1) is 5.41 Å². The first-order valence-electron chi connectivity index (χ1n) is 7.44. The number of hydrogen-bond donors (Lipinski definition) is 2. The summed E-state index contributed by atoms with van der Waals surface area (Å²) in [5, 5.41) is 24.9. The van der Waals surface area contributed by atoms with Crippen LogP contribution in [0.3, 0.4) is 0 Å². The molecule has 2 aromatic rings. The molecule has 0 bridgehead atoms. The van der Waals surface area contributed by atoms with Crippen LogP contribution in [0.5, 0.6) is 5.88 Å². The van der Waals surface area contributed by atoms with Gasteiger partial charge in [0.25, 0.3) is 17.7 Å². The lowest BCUT2D eigenvalue weighted by atomic mass is 9.93. The van der Waals surface area contributed by atoms with E-state index >= 15 is 0 Å². The number of Topliss-reactive ketones (excluding diaryl/α,β-unsaturated/α-hetero) is 2. The van der Waals surface area contributed by atoms with Crippen LogP contribution in [0.4, 0.5) is 5.95 Å². The lowest BCUT2D eigenvalue weighted by Crippen LogP contribution is -2.31. The number of esters is 1. The van der Waals surface area contributed by atoms with Gasteiger partial charge in [-0.2, -0.15) is 0 Å². The Morgan fingerprint density at radius 1 is 1.31 bits per heavy atom. The van der Waals surface area contributed by atoms with Crippen molar-refractivity contribution in [2.75, 3.05) is 6.61 Å². The van der Waals surface area contributed by atoms with Crippen molar-refractivity contribution in [3.8, 4) is 5.88 Å². The highest BCUT2D eigenvalue weighted by atomic mass is 16.5. The summed E-state index contributed by atoms with van der Waals surface area (Å²) in [6.07, 6.45) is 1.34. The van der Waals surface area contributed by atoms with Crippen LogP contribution >= 0.6 is 0 Å². The number of ether oxygens (including phenoxy) is 1. The van der Waals surface area contributed by atoms with Crippen LogP contribution in [0.2, 0.25) is 0 Å². The molecule has 2 N–H and O–H groups in total. The molecule has 0 fully saturated rings. The van der Waals surface area contributed by atoms with E-state index in [9.17, 15) is 19.5 Å². The van der Waals surface area contributed by atoms with E-state index in [1.54, 1.807) is 6.07 Å². The summed E-state index contributed by atoms with van der Waals surface area (Å²) in [7, 11) is 0.